The molecule has 0 radical (unpaired) electrons. The van der Waals surface area contributed by atoms with Crippen molar-refractivity contribution in [1.29, 1.82) is 0 Å². The summed E-state index contributed by atoms with van der Waals surface area (Å²) in [4.78, 5) is 164. The summed E-state index contributed by atoms with van der Waals surface area (Å²) >= 11 is 0. The lowest BCUT2D eigenvalue weighted by Crippen LogP contribution is -2.58. The summed E-state index contributed by atoms with van der Waals surface area (Å²) in [5.41, 5.74) is -1.65. The van der Waals surface area contributed by atoms with Crippen LogP contribution in [0.25, 0.3) is 0 Å². The van der Waals surface area contributed by atoms with E-state index in [9.17, 15) is 84.3 Å². The summed E-state index contributed by atoms with van der Waals surface area (Å²) in [7, 11) is 0. The fourth-order valence-corrected chi connectivity index (χ4v) is 15.1. The minimum atomic E-state index is -2.47. The molecule has 123 heavy (non-hydrogen) atoms. The maximum absolute atomic E-state index is 14.4. The molecule has 35 heteroatoms. The molecule has 1 saturated carbocycles. The number of Topliss-reactive ketones (excluding diaryl/α,β-unsaturated/α-hetero) is 4. The van der Waals surface area contributed by atoms with Crippen LogP contribution in [0.4, 0.5) is 22.0 Å². The fraction of sp³-hybridized carbons (Fsp3) is 0.784. The number of carbonyl (C=O) groups is 13. The van der Waals surface area contributed by atoms with Crippen molar-refractivity contribution in [2.24, 2.45) is 47.3 Å². The number of unbranched alkanes of at least 4 members (excludes halogenated alkanes) is 7. The Morgan fingerprint density at radius 2 is 0.740 bits per heavy atom. The van der Waals surface area contributed by atoms with Gasteiger partial charge in [0.05, 0.1) is 76.6 Å². The monoisotopic (exact) mass is 1760 g/mol. The van der Waals surface area contributed by atoms with E-state index in [1.54, 1.807) is 0 Å². The van der Waals surface area contributed by atoms with Gasteiger partial charge < -0.3 is 83.4 Å². The largest absolute Gasteiger partial charge is 0.466 e. The minimum Gasteiger partial charge on any atom is -0.466 e. The number of hydrogen-bond acceptors (Lipinski definition) is 25. The van der Waals surface area contributed by atoms with Gasteiger partial charge in [0.15, 0.2) is 12.6 Å². The highest BCUT2D eigenvalue weighted by atomic mass is 19.2. The number of ether oxygens (including phenoxy) is 12. The number of amides is 5. The average Bonchev–Trinajstić information content (AvgIpc) is 0.807. The second kappa shape index (κ2) is 58.7. The Morgan fingerprint density at radius 1 is 0.366 bits per heavy atom. The second-order valence-electron chi connectivity index (χ2n) is 33.3. The van der Waals surface area contributed by atoms with E-state index in [1.807, 2.05) is 27.7 Å². The third-order valence-corrected chi connectivity index (χ3v) is 23.3. The van der Waals surface area contributed by atoms with Crippen molar-refractivity contribution < 1.29 is 141 Å². The quantitative estimate of drug-likeness (QED) is 0.00769. The molecule has 3 aliphatic rings. The van der Waals surface area contributed by atoms with Crippen molar-refractivity contribution in [2.75, 3.05) is 92.4 Å². The van der Waals surface area contributed by atoms with Gasteiger partial charge in [0.25, 0.3) is 0 Å². The molecule has 2 saturated heterocycles. The maximum atomic E-state index is 14.4. The molecule has 7 unspecified atom stereocenters. The van der Waals surface area contributed by atoms with Gasteiger partial charge >= 0.3 is 23.9 Å². The van der Waals surface area contributed by atoms with E-state index in [-0.39, 0.29) is 187 Å². The molecule has 5 N–H and O–H groups in total. The van der Waals surface area contributed by atoms with E-state index < -0.39 is 140 Å². The van der Waals surface area contributed by atoms with Gasteiger partial charge in [0.1, 0.15) is 41.9 Å². The SMILES string of the molecule is CC(=O)NC1[C@H](OCCCCC(=O)CCCCCC(=O)CCOCC(COCCC(=O)CCCCCC(=O)CCCCO[C@@H]2CC(COC(C)=O)[C@H](C)[C@H](C)C2C)(COCCC(=O)NCCCNC(=O)CCCCO[C@@H]2OC(COC(C)=O)[C@H](C)[C@H](C)C2NC(C)=O)NC(=O)CCCC(=O)Oc2c(F)c(F)c(F)c(F)c2F)OC(COC(C)=O)[C@H](C)[C@@H]1C. The van der Waals surface area contributed by atoms with Crippen LogP contribution in [0.5, 0.6) is 5.75 Å². The van der Waals surface area contributed by atoms with E-state index in [1.165, 1.54) is 34.6 Å². The topological polar surface area (TPSA) is 393 Å². The molecule has 0 bridgehead atoms. The summed E-state index contributed by atoms with van der Waals surface area (Å²) < 4.78 is 140. The third kappa shape index (κ3) is 41.6. The first-order valence-electron chi connectivity index (χ1n) is 43.9. The smallest absolute Gasteiger partial charge is 0.311 e. The van der Waals surface area contributed by atoms with Gasteiger partial charge in [-0.2, -0.15) is 8.78 Å². The fourth-order valence-electron chi connectivity index (χ4n) is 15.1. The van der Waals surface area contributed by atoms with E-state index in [0.717, 1.165) is 6.42 Å². The van der Waals surface area contributed by atoms with Crippen LogP contribution < -0.4 is 31.3 Å². The number of rotatable bonds is 63. The summed E-state index contributed by atoms with van der Waals surface area (Å²) in [6.07, 6.45) is 5.20. The molecule has 2 heterocycles. The van der Waals surface area contributed by atoms with E-state index in [4.69, 9.17) is 52.1 Å². The Bertz CT molecular complexity index is 3360. The highest BCUT2D eigenvalue weighted by Crippen LogP contribution is 2.41. The van der Waals surface area contributed by atoms with E-state index in [2.05, 4.69) is 52.1 Å². The number of nitrogens with one attached hydrogen (secondary N) is 5. The average molecular weight is 1760 g/mol. The molecule has 0 aromatic heterocycles. The molecule has 1 aliphatic carbocycles. The van der Waals surface area contributed by atoms with Gasteiger partial charge in [-0.25, -0.2) is 13.2 Å². The number of esters is 4. The number of benzene rings is 1. The molecule has 1 aromatic carbocycles. The summed E-state index contributed by atoms with van der Waals surface area (Å²) in [5.74, 6) is -17.5. The predicted octanol–water partition coefficient (Wildman–Crippen LogP) is 10.9. The van der Waals surface area contributed by atoms with Crippen LogP contribution >= 0.6 is 0 Å². The Hall–Kier alpha value is -7.54. The lowest BCUT2D eigenvalue weighted by molar-refractivity contribution is -0.244. The Morgan fingerprint density at radius 3 is 1.17 bits per heavy atom. The molecule has 4 rings (SSSR count). The lowest BCUT2D eigenvalue weighted by atomic mass is 9.67. The number of carbonyl (C=O) groups excluding carboxylic acids is 13. The van der Waals surface area contributed by atoms with Crippen molar-refractivity contribution in [2.45, 2.75) is 305 Å². The van der Waals surface area contributed by atoms with Gasteiger partial charge in [-0.15, -0.1) is 0 Å². The summed E-state index contributed by atoms with van der Waals surface area (Å²) in [6.45, 7) is 21.2. The van der Waals surface area contributed by atoms with Crippen molar-refractivity contribution in [1.82, 2.24) is 26.6 Å². The first kappa shape index (κ1) is 108. The lowest BCUT2D eigenvalue weighted by Gasteiger charge is -2.44. The maximum Gasteiger partial charge on any atom is 0.311 e. The molecule has 1 aromatic rings. The molecule has 0 spiro atoms. The zero-order valence-corrected chi connectivity index (χ0v) is 74.2. The predicted molar refractivity (Wildman–Crippen MR) is 438 cm³/mol. The van der Waals surface area contributed by atoms with Crippen molar-refractivity contribution in [3.05, 3.63) is 29.1 Å². The van der Waals surface area contributed by atoms with Gasteiger partial charge in [0.2, 0.25) is 64.4 Å². The van der Waals surface area contributed by atoms with E-state index >= 15 is 0 Å². The highest BCUT2D eigenvalue weighted by molar-refractivity contribution is 5.81. The Kier molecular flexibility index (Phi) is 51.4. The van der Waals surface area contributed by atoms with Crippen LogP contribution in [0.3, 0.4) is 0 Å². The molecule has 30 nitrogen and oxygen atoms in total. The minimum absolute atomic E-state index is 0.0253. The van der Waals surface area contributed by atoms with Gasteiger partial charge in [-0.1, -0.05) is 61.3 Å². The number of halogens is 5. The molecule has 2 aliphatic heterocycles. The zero-order chi connectivity index (χ0) is 91.1. The van der Waals surface area contributed by atoms with Crippen molar-refractivity contribution in [3.63, 3.8) is 0 Å². The van der Waals surface area contributed by atoms with Crippen LogP contribution in [-0.4, -0.2) is 217 Å². The molecule has 3 fully saturated rings. The van der Waals surface area contributed by atoms with Crippen LogP contribution in [0.1, 0.15) is 256 Å². The Balaban J connectivity index is 1.33. The van der Waals surface area contributed by atoms with Crippen LogP contribution in [-0.2, 0) is 114 Å². The van der Waals surface area contributed by atoms with Crippen LogP contribution in [0.15, 0.2) is 0 Å². The molecular weight excluding hydrogens is 1620 g/mol. The zero-order valence-electron chi connectivity index (χ0n) is 74.2. The standard InChI is InChI=1S/C88H138F5N5O25/c1-54-55(2)66(48-118-63(10)101)47-71(56(54)3)115-41-22-19-31-67(104)27-15-13-17-29-69(106)36-44-112-51-88(98-76(110)34-25-35-77(111)123-85-81(92)79(90)78(89)80(91)82(85)93,52-113-45-37-70(107)30-18-14-16-28-68(105)32-20-23-42-116-86-83(96-61(8)99)59(6)57(4)72(121-86)49-119-64(11)102)53-114-46-38-75(109)95-40-26-39-94-74(108)33-21-24-43-117-87-84(97-62(9)100)60(7)58(5)73(122-87)50-120-65(12)103/h54-60,66,71-73,83-84,86-87H,13-53H2,1-12H3,(H,94,108)(H,95,109)(H,96,99)(H,97,100)(H,98,110)/t54-,55+,56?,57+,58+,59-,60-,66?,71+,72?,73?,83?,84?,86+,87+,88?/m0/s1. The first-order valence-corrected chi connectivity index (χ1v) is 43.9. The third-order valence-electron chi connectivity index (χ3n) is 23.3. The number of ketones is 4. The Labute approximate surface area is 720 Å². The van der Waals surface area contributed by atoms with Crippen LogP contribution in [0, 0.1) is 76.4 Å². The molecule has 700 valence electrons. The van der Waals surface area contributed by atoms with Gasteiger partial charge in [-0.05, 0) is 131 Å². The summed E-state index contributed by atoms with van der Waals surface area (Å²) in [6, 6.07) is -0.908. The molecule has 16 atom stereocenters. The van der Waals surface area contributed by atoms with Gasteiger partial charge in [0, 0.05) is 145 Å². The number of hydrogen-bond donors (Lipinski definition) is 5. The highest BCUT2D eigenvalue weighted by Gasteiger charge is 2.46. The second-order valence-corrected chi connectivity index (χ2v) is 33.3. The van der Waals surface area contributed by atoms with Crippen LogP contribution in [0.2, 0.25) is 0 Å². The van der Waals surface area contributed by atoms with E-state index in [0.29, 0.717) is 140 Å². The van der Waals surface area contributed by atoms with Crippen molar-refractivity contribution >= 4 is 76.5 Å². The molecular formula is C88H138F5N5O25. The first-order chi connectivity index (χ1) is 58.4. The normalized spacial score (nSPS) is 23.0. The summed E-state index contributed by atoms with van der Waals surface area (Å²) in [5, 5.41) is 14.2. The molecule has 5 amide bonds. The van der Waals surface area contributed by atoms with Gasteiger partial charge in [-0.3, -0.25) is 62.3 Å². The van der Waals surface area contributed by atoms with Crippen molar-refractivity contribution in [3.8, 4) is 5.75 Å².